The first kappa shape index (κ1) is 21.4. The molecule has 1 aromatic heterocycles. The second-order valence-electron chi connectivity index (χ2n) is 7.13. The molecule has 0 fully saturated rings. The van der Waals surface area contributed by atoms with Gasteiger partial charge in [0, 0.05) is 28.4 Å². The average Bonchev–Trinajstić information content (AvgIpc) is 3.03. The molecule has 0 aliphatic rings. The Morgan fingerprint density at radius 3 is 2.75 bits per heavy atom. The van der Waals surface area contributed by atoms with Crippen LogP contribution in [-0.4, -0.2) is 36.4 Å². The molecule has 0 spiro atoms. The van der Waals surface area contributed by atoms with Crippen LogP contribution in [-0.2, 0) is 9.53 Å². The normalized spacial score (nSPS) is 11.7. The third-order valence-electron chi connectivity index (χ3n) is 3.76. The highest BCUT2D eigenvalue weighted by molar-refractivity contribution is 7.19. The number of thiophene rings is 1. The van der Waals surface area contributed by atoms with Gasteiger partial charge in [-0.25, -0.2) is 4.85 Å². The van der Waals surface area contributed by atoms with E-state index in [4.69, 9.17) is 16.6 Å². The molecule has 7 heteroatoms. The first-order valence-electron chi connectivity index (χ1n) is 8.86. The molecule has 28 heavy (non-hydrogen) atoms. The molecule has 0 aliphatic carbocycles. The van der Waals surface area contributed by atoms with Gasteiger partial charge < -0.3 is 14.7 Å². The number of rotatable bonds is 7. The smallest absolute Gasteiger partial charge is 0.336 e. The number of fused-ring (bicyclic) bond motifs is 1. The maximum atomic E-state index is 12.2. The van der Waals surface area contributed by atoms with Crippen LogP contribution in [0.15, 0.2) is 30.0 Å². The van der Waals surface area contributed by atoms with Crippen LogP contribution < -0.4 is 4.90 Å². The predicted molar refractivity (Wildman–Crippen MR) is 112 cm³/mol. The lowest BCUT2D eigenvalue weighted by atomic mass is 10.2. The fourth-order valence-electron chi connectivity index (χ4n) is 2.59. The van der Waals surface area contributed by atoms with Crippen LogP contribution in [0.3, 0.4) is 0 Å². The summed E-state index contributed by atoms with van der Waals surface area (Å²) in [7, 11) is 0. The summed E-state index contributed by atoms with van der Waals surface area (Å²) in [5.41, 5.74) is 0.208. The number of carbonyl (C=O) groups excluding carboxylic acids is 1. The van der Waals surface area contributed by atoms with Gasteiger partial charge >= 0.3 is 5.97 Å². The fourth-order valence-corrected chi connectivity index (χ4v) is 3.62. The Bertz CT molecular complexity index is 958. The number of nitriles is 1. The molecule has 0 radical (unpaired) electrons. The van der Waals surface area contributed by atoms with E-state index in [1.54, 1.807) is 26.8 Å². The minimum atomic E-state index is -0.657. The summed E-state index contributed by atoms with van der Waals surface area (Å²) in [6, 6.07) is 9.94. The van der Waals surface area contributed by atoms with Gasteiger partial charge in [0.05, 0.1) is 25.7 Å². The molecule has 1 heterocycles. The van der Waals surface area contributed by atoms with Gasteiger partial charge in [0.25, 0.3) is 5.70 Å². The van der Waals surface area contributed by atoms with E-state index in [1.165, 1.54) is 11.3 Å². The van der Waals surface area contributed by atoms with E-state index in [0.717, 1.165) is 20.7 Å². The summed E-state index contributed by atoms with van der Waals surface area (Å²) in [4.78, 5) is 18.2. The van der Waals surface area contributed by atoms with Crippen LogP contribution in [0.4, 0.5) is 5.69 Å². The Morgan fingerprint density at radius 2 is 2.14 bits per heavy atom. The van der Waals surface area contributed by atoms with Crippen molar-refractivity contribution in [1.29, 1.82) is 5.26 Å². The number of ether oxygens (including phenoxy) is 1. The standard InChI is InChI=1S/C21H23N3O3S/c1-21(2,3)27-20(26)18(23-4)14-17-12-15-6-7-16(13-19(15)28-17)24(10-11-25)9-5-8-22/h6-7,12-14,25H,5,9-11H2,1-3H3/b18-14-. The summed E-state index contributed by atoms with van der Waals surface area (Å²) < 4.78 is 6.28. The fraction of sp³-hybridized carbons (Fsp3) is 0.381. The van der Waals surface area contributed by atoms with E-state index in [0.29, 0.717) is 19.5 Å². The zero-order chi connectivity index (χ0) is 20.7. The summed E-state index contributed by atoms with van der Waals surface area (Å²) in [5, 5.41) is 19.1. The highest BCUT2D eigenvalue weighted by atomic mass is 32.1. The molecule has 2 rings (SSSR count). The highest BCUT2D eigenvalue weighted by Crippen LogP contribution is 2.31. The summed E-state index contributed by atoms with van der Waals surface area (Å²) >= 11 is 1.47. The molecule has 0 amide bonds. The van der Waals surface area contributed by atoms with Crippen molar-refractivity contribution in [3.63, 3.8) is 0 Å². The molecule has 6 nitrogen and oxygen atoms in total. The van der Waals surface area contributed by atoms with Gasteiger partial charge in [-0.3, -0.25) is 4.79 Å². The van der Waals surface area contributed by atoms with Crippen molar-refractivity contribution in [2.24, 2.45) is 0 Å². The SMILES string of the molecule is [C-]#[N+]/C(=C\c1cc2ccc(N(CCO)CCC#N)cc2s1)C(=O)OC(C)(C)C. The lowest BCUT2D eigenvalue weighted by Gasteiger charge is -2.22. The minimum absolute atomic E-state index is 0.00610. The molecule has 0 atom stereocenters. The van der Waals surface area contributed by atoms with Crippen molar-refractivity contribution in [3.8, 4) is 6.07 Å². The van der Waals surface area contributed by atoms with Gasteiger partial charge in [0.1, 0.15) is 5.60 Å². The number of benzene rings is 1. The largest absolute Gasteiger partial charge is 0.465 e. The van der Waals surface area contributed by atoms with Crippen LogP contribution in [0.25, 0.3) is 21.0 Å². The number of esters is 1. The maximum absolute atomic E-state index is 12.2. The van der Waals surface area contributed by atoms with Gasteiger partial charge in [0.2, 0.25) is 0 Å². The van der Waals surface area contributed by atoms with E-state index in [-0.39, 0.29) is 12.3 Å². The second-order valence-corrected chi connectivity index (χ2v) is 8.25. The zero-order valence-electron chi connectivity index (χ0n) is 16.2. The van der Waals surface area contributed by atoms with Crippen LogP contribution in [0.2, 0.25) is 0 Å². The number of aliphatic hydroxyl groups excluding tert-OH is 1. The molecular weight excluding hydrogens is 374 g/mol. The Hall–Kier alpha value is -2.87. The molecule has 1 N–H and O–H groups in total. The van der Waals surface area contributed by atoms with Gasteiger partial charge in [-0.2, -0.15) is 5.26 Å². The van der Waals surface area contributed by atoms with Crippen LogP contribution in [0.5, 0.6) is 0 Å². The molecule has 0 saturated heterocycles. The molecule has 2 aromatic rings. The van der Waals surface area contributed by atoms with E-state index in [1.807, 2.05) is 29.2 Å². The maximum Gasteiger partial charge on any atom is 0.336 e. The lowest BCUT2D eigenvalue weighted by Crippen LogP contribution is -2.27. The van der Waals surface area contributed by atoms with Gasteiger partial charge in [-0.05, 0) is 50.4 Å². The Morgan fingerprint density at radius 1 is 1.39 bits per heavy atom. The lowest BCUT2D eigenvalue weighted by molar-refractivity contribution is -0.149. The van der Waals surface area contributed by atoms with Crippen molar-refractivity contribution < 1.29 is 14.6 Å². The van der Waals surface area contributed by atoms with E-state index >= 15 is 0 Å². The quantitative estimate of drug-likeness (QED) is 0.430. The molecule has 146 valence electrons. The highest BCUT2D eigenvalue weighted by Gasteiger charge is 2.20. The van der Waals surface area contributed by atoms with Crippen molar-refractivity contribution in [2.75, 3.05) is 24.6 Å². The van der Waals surface area contributed by atoms with Gasteiger partial charge in [-0.1, -0.05) is 6.07 Å². The van der Waals surface area contributed by atoms with Crippen molar-refractivity contribution in [3.05, 3.63) is 46.3 Å². The average molecular weight is 398 g/mol. The number of hydrogen-bond donors (Lipinski definition) is 1. The monoisotopic (exact) mass is 397 g/mol. The molecule has 0 saturated carbocycles. The van der Waals surface area contributed by atoms with Crippen LogP contribution in [0.1, 0.15) is 32.1 Å². The number of nitrogens with zero attached hydrogens (tertiary/aromatic N) is 3. The third kappa shape index (κ3) is 5.82. The molecule has 1 aromatic carbocycles. The molecule has 0 aliphatic heterocycles. The first-order valence-corrected chi connectivity index (χ1v) is 9.68. The van der Waals surface area contributed by atoms with Crippen LogP contribution in [0, 0.1) is 17.9 Å². The number of anilines is 1. The van der Waals surface area contributed by atoms with Gasteiger partial charge in [-0.15, -0.1) is 11.3 Å². The summed E-state index contributed by atoms with van der Waals surface area (Å²) in [5.74, 6) is -0.633. The third-order valence-corrected chi connectivity index (χ3v) is 4.80. The second kappa shape index (κ2) is 9.36. The predicted octanol–water partition coefficient (Wildman–Crippen LogP) is 4.22. The Labute approximate surface area is 169 Å². The first-order chi connectivity index (χ1) is 13.3. The Kier molecular flexibility index (Phi) is 7.17. The summed E-state index contributed by atoms with van der Waals surface area (Å²) in [6.07, 6.45) is 1.92. The molecular formula is C21H23N3O3S. The topological polar surface area (TPSA) is 77.9 Å². The van der Waals surface area contributed by atoms with Crippen LogP contribution >= 0.6 is 11.3 Å². The minimum Gasteiger partial charge on any atom is -0.465 e. The molecule has 0 bridgehead atoms. The van der Waals surface area contributed by atoms with E-state index < -0.39 is 11.6 Å². The molecule has 0 unspecified atom stereocenters. The number of aliphatic hydroxyl groups is 1. The van der Waals surface area contributed by atoms with Crippen molar-refractivity contribution in [2.45, 2.75) is 32.8 Å². The van der Waals surface area contributed by atoms with Crippen molar-refractivity contribution >= 4 is 39.2 Å². The summed E-state index contributed by atoms with van der Waals surface area (Å²) in [6.45, 7) is 13.6. The number of carbonyl (C=O) groups is 1. The number of hydrogen-bond acceptors (Lipinski definition) is 6. The Balaban J connectivity index is 2.32. The van der Waals surface area contributed by atoms with E-state index in [9.17, 15) is 9.90 Å². The van der Waals surface area contributed by atoms with Crippen molar-refractivity contribution in [1.82, 2.24) is 0 Å². The van der Waals surface area contributed by atoms with E-state index in [2.05, 4.69) is 10.9 Å². The zero-order valence-corrected chi connectivity index (χ0v) is 17.0. The van der Waals surface area contributed by atoms with Gasteiger partial charge in [0.15, 0.2) is 0 Å².